The van der Waals surface area contributed by atoms with Crippen LogP contribution in [0, 0.1) is 0 Å². The number of aryl methyl sites for hydroxylation is 1. The Hall–Kier alpha value is -1.02. The second-order valence-electron chi connectivity index (χ2n) is 3.80. The van der Waals surface area contributed by atoms with Crippen LogP contribution in [0.5, 0.6) is 5.75 Å². The Labute approximate surface area is 85.3 Å². The van der Waals surface area contributed by atoms with Crippen molar-refractivity contribution in [1.29, 1.82) is 0 Å². The van der Waals surface area contributed by atoms with Crippen LogP contribution in [0.25, 0.3) is 0 Å². The number of hydrogen-bond acceptors (Lipinski definition) is 2. The number of fused-ring (bicyclic) bond motifs is 1. The van der Waals surface area contributed by atoms with E-state index in [0.29, 0.717) is 6.04 Å². The lowest BCUT2D eigenvalue weighted by molar-refractivity contribution is 0.410. The second-order valence-corrected chi connectivity index (χ2v) is 3.80. The average Bonchev–Trinajstić information content (AvgIpc) is 2.27. The number of methoxy groups -OCH3 is 1. The lowest BCUT2D eigenvalue weighted by Gasteiger charge is -2.25. The molecular formula is C12H17NO. The molecule has 1 aromatic rings. The summed E-state index contributed by atoms with van der Waals surface area (Å²) in [5.74, 6) is 0.964. The number of nitrogens with one attached hydrogen (secondary N) is 1. The Morgan fingerprint density at radius 1 is 1.43 bits per heavy atom. The molecule has 0 saturated carbocycles. The maximum absolute atomic E-state index is 5.25. The molecule has 1 aliphatic rings. The molecule has 0 bridgehead atoms. The van der Waals surface area contributed by atoms with Gasteiger partial charge < -0.3 is 10.1 Å². The van der Waals surface area contributed by atoms with Gasteiger partial charge in [-0.15, -0.1) is 0 Å². The molecule has 14 heavy (non-hydrogen) atoms. The van der Waals surface area contributed by atoms with Crippen molar-refractivity contribution in [3.8, 4) is 5.75 Å². The van der Waals surface area contributed by atoms with Crippen LogP contribution in [0.2, 0.25) is 0 Å². The highest BCUT2D eigenvalue weighted by molar-refractivity contribution is 5.39. The molecule has 1 aromatic carbocycles. The van der Waals surface area contributed by atoms with Gasteiger partial charge in [-0.2, -0.15) is 0 Å². The van der Waals surface area contributed by atoms with E-state index in [4.69, 9.17) is 4.74 Å². The van der Waals surface area contributed by atoms with Crippen molar-refractivity contribution >= 4 is 0 Å². The molecule has 0 aromatic heterocycles. The molecule has 76 valence electrons. The fourth-order valence-electron chi connectivity index (χ4n) is 2.20. The van der Waals surface area contributed by atoms with Crippen LogP contribution in [0.3, 0.4) is 0 Å². The molecule has 0 heterocycles. The maximum Gasteiger partial charge on any atom is 0.119 e. The summed E-state index contributed by atoms with van der Waals surface area (Å²) in [4.78, 5) is 0. The first-order valence-electron chi connectivity index (χ1n) is 5.19. The highest BCUT2D eigenvalue weighted by Gasteiger charge is 2.18. The van der Waals surface area contributed by atoms with Gasteiger partial charge in [0.15, 0.2) is 0 Å². The third-order valence-corrected chi connectivity index (χ3v) is 3.02. The molecule has 1 unspecified atom stereocenters. The fourth-order valence-corrected chi connectivity index (χ4v) is 2.20. The SMILES string of the molecule is CNC1CCCc2ccc(OC)cc21. The summed E-state index contributed by atoms with van der Waals surface area (Å²) in [6.07, 6.45) is 3.72. The van der Waals surface area contributed by atoms with Crippen LogP contribution in [-0.2, 0) is 6.42 Å². The number of hydrogen-bond donors (Lipinski definition) is 1. The highest BCUT2D eigenvalue weighted by atomic mass is 16.5. The smallest absolute Gasteiger partial charge is 0.119 e. The predicted octanol–water partition coefficient (Wildman–Crippen LogP) is 2.29. The predicted molar refractivity (Wildman–Crippen MR) is 57.7 cm³/mol. The molecule has 0 fully saturated rings. The molecule has 1 atom stereocenters. The van der Waals surface area contributed by atoms with E-state index in [2.05, 4.69) is 23.5 Å². The Balaban J connectivity index is 2.38. The number of benzene rings is 1. The minimum atomic E-state index is 0.508. The standard InChI is InChI=1S/C12H17NO/c1-13-12-5-3-4-9-6-7-10(14-2)8-11(9)12/h6-8,12-13H,3-5H2,1-2H3. The van der Waals surface area contributed by atoms with Gasteiger partial charge in [0.2, 0.25) is 0 Å². The van der Waals surface area contributed by atoms with Crippen LogP contribution >= 0.6 is 0 Å². The van der Waals surface area contributed by atoms with Crippen molar-refractivity contribution in [2.75, 3.05) is 14.2 Å². The molecule has 1 aliphatic carbocycles. The molecule has 1 N–H and O–H groups in total. The first-order valence-corrected chi connectivity index (χ1v) is 5.19. The van der Waals surface area contributed by atoms with Gasteiger partial charge in [0.05, 0.1) is 7.11 Å². The largest absolute Gasteiger partial charge is 0.497 e. The van der Waals surface area contributed by atoms with Crippen LogP contribution in [0.15, 0.2) is 18.2 Å². The zero-order chi connectivity index (χ0) is 9.97. The van der Waals surface area contributed by atoms with E-state index < -0.39 is 0 Å². The minimum Gasteiger partial charge on any atom is -0.497 e. The Kier molecular flexibility index (Phi) is 2.73. The van der Waals surface area contributed by atoms with E-state index in [-0.39, 0.29) is 0 Å². The third-order valence-electron chi connectivity index (χ3n) is 3.02. The van der Waals surface area contributed by atoms with Gasteiger partial charge >= 0.3 is 0 Å². The van der Waals surface area contributed by atoms with E-state index in [1.165, 1.54) is 30.4 Å². The van der Waals surface area contributed by atoms with E-state index in [0.717, 1.165) is 5.75 Å². The maximum atomic E-state index is 5.25. The zero-order valence-electron chi connectivity index (χ0n) is 8.84. The Bertz CT molecular complexity index is 322. The normalized spacial score (nSPS) is 20.3. The van der Waals surface area contributed by atoms with Crippen molar-refractivity contribution in [1.82, 2.24) is 5.32 Å². The monoisotopic (exact) mass is 191 g/mol. The van der Waals surface area contributed by atoms with Crippen LogP contribution < -0.4 is 10.1 Å². The summed E-state index contributed by atoms with van der Waals surface area (Å²) in [5.41, 5.74) is 2.88. The molecule has 2 nitrogen and oxygen atoms in total. The first-order chi connectivity index (χ1) is 6.85. The summed E-state index contributed by atoms with van der Waals surface area (Å²) in [5, 5.41) is 3.36. The molecule has 0 radical (unpaired) electrons. The molecular weight excluding hydrogens is 174 g/mol. The van der Waals surface area contributed by atoms with E-state index >= 15 is 0 Å². The molecule has 2 heteroatoms. The molecule has 0 spiro atoms. The summed E-state index contributed by atoms with van der Waals surface area (Å²) in [6, 6.07) is 6.92. The molecule has 2 rings (SSSR count). The number of ether oxygens (including phenoxy) is 1. The average molecular weight is 191 g/mol. The van der Waals surface area contributed by atoms with Crippen molar-refractivity contribution in [2.45, 2.75) is 25.3 Å². The van der Waals surface area contributed by atoms with Gasteiger partial charge in [-0.1, -0.05) is 6.07 Å². The molecule has 0 aliphatic heterocycles. The van der Waals surface area contributed by atoms with E-state index in [9.17, 15) is 0 Å². The fraction of sp³-hybridized carbons (Fsp3) is 0.500. The summed E-state index contributed by atoms with van der Waals surface area (Å²) in [6.45, 7) is 0. The van der Waals surface area contributed by atoms with Gasteiger partial charge in [0, 0.05) is 6.04 Å². The van der Waals surface area contributed by atoms with Crippen molar-refractivity contribution in [3.05, 3.63) is 29.3 Å². The van der Waals surface area contributed by atoms with Gasteiger partial charge in [0.25, 0.3) is 0 Å². The topological polar surface area (TPSA) is 21.3 Å². The molecule has 0 amide bonds. The first kappa shape index (κ1) is 9.53. The minimum absolute atomic E-state index is 0.508. The Morgan fingerprint density at radius 3 is 3.00 bits per heavy atom. The molecule has 0 saturated heterocycles. The van der Waals surface area contributed by atoms with Crippen molar-refractivity contribution < 1.29 is 4.74 Å². The van der Waals surface area contributed by atoms with Gasteiger partial charge in [-0.25, -0.2) is 0 Å². The third kappa shape index (κ3) is 1.62. The van der Waals surface area contributed by atoms with Gasteiger partial charge in [-0.05, 0) is 49.6 Å². The van der Waals surface area contributed by atoms with Crippen LogP contribution in [0.1, 0.15) is 30.0 Å². The van der Waals surface area contributed by atoms with Crippen LogP contribution in [0.4, 0.5) is 0 Å². The lowest BCUT2D eigenvalue weighted by atomic mass is 9.87. The van der Waals surface area contributed by atoms with E-state index in [1.54, 1.807) is 7.11 Å². The quantitative estimate of drug-likeness (QED) is 0.774. The van der Waals surface area contributed by atoms with Gasteiger partial charge in [0.1, 0.15) is 5.75 Å². The van der Waals surface area contributed by atoms with Crippen LogP contribution in [-0.4, -0.2) is 14.2 Å². The summed E-state index contributed by atoms with van der Waals surface area (Å²) >= 11 is 0. The summed E-state index contributed by atoms with van der Waals surface area (Å²) in [7, 11) is 3.75. The van der Waals surface area contributed by atoms with E-state index in [1.807, 2.05) is 7.05 Å². The lowest BCUT2D eigenvalue weighted by Crippen LogP contribution is -2.21. The zero-order valence-corrected chi connectivity index (χ0v) is 8.84. The second kappa shape index (κ2) is 4.01. The van der Waals surface area contributed by atoms with Crippen molar-refractivity contribution in [2.24, 2.45) is 0 Å². The highest BCUT2D eigenvalue weighted by Crippen LogP contribution is 2.31. The Morgan fingerprint density at radius 2 is 2.29 bits per heavy atom. The van der Waals surface area contributed by atoms with Crippen molar-refractivity contribution in [3.63, 3.8) is 0 Å². The number of rotatable bonds is 2. The summed E-state index contributed by atoms with van der Waals surface area (Å²) < 4.78 is 5.25. The van der Waals surface area contributed by atoms with Gasteiger partial charge in [-0.3, -0.25) is 0 Å².